The van der Waals surface area contributed by atoms with Gasteiger partial charge in [0.15, 0.2) is 0 Å². The van der Waals surface area contributed by atoms with E-state index in [4.69, 9.17) is 4.74 Å². The quantitative estimate of drug-likeness (QED) is 0.810. The van der Waals surface area contributed by atoms with Crippen LogP contribution in [0, 0.1) is 0 Å². The lowest BCUT2D eigenvalue weighted by atomic mass is 10.2. The predicted octanol–water partition coefficient (Wildman–Crippen LogP) is 2.07. The summed E-state index contributed by atoms with van der Waals surface area (Å²) >= 11 is 0.155. The van der Waals surface area contributed by atoms with Crippen molar-refractivity contribution in [3.63, 3.8) is 0 Å². The predicted molar refractivity (Wildman–Crippen MR) is 86.7 cm³/mol. The van der Waals surface area contributed by atoms with Crippen molar-refractivity contribution in [1.29, 1.82) is 0 Å². The van der Waals surface area contributed by atoms with Crippen molar-refractivity contribution in [1.82, 2.24) is 14.5 Å². The van der Waals surface area contributed by atoms with Gasteiger partial charge in [-0.2, -0.15) is 13.2 Å². The van der Waals surface area contributed by atoms with Crippen molar-refractivity contribution in [3.05, 3.63) is 28.8 Å². The zero-order valence-electron chi connectivity index (χ0n) is 13.7. The highest BCUT2D eigenvalue weighted by Crippen LogP contribution is 2.33. The molecule has 13 heteroatoms. The van der Waals surface area contributed by atoms with Crippen molar-refractivity contribution in [2.45, 2.75) is 11.1 Å². The number of carbonyl (C=O) groups excluding carboxylic acids is 1. The second-order valence-corrected chi connectivity index (χ2v) is 8.12. The molecule has 1 N–H and O–H groups in total. The van der Waals surface area contributed by atoms with Crippen LogP contribution in [0.5, 0.6) is 5.75 Å². The third kappa shape index (κ3) is 4.11. The van der Waals surface area contributed by atoms with Crippen molar-refractivity contribution < 1.29 is 31.1 Å². The Morgan fingerprint density at radius 3 is 2.42 bits per heavy atom. The van der Waals surface area contributed by atoms with E-state index in [-0.39, 0.29) is 32.7 Å². The van der Waals surface area contributed by atoms with Crippen molar-refractivity contribution >= 4 is 32.4 Å². The number of ether oxygens (including phenoxy) is 1. The standard InChI is InChI=1S/C13H13F3N4O4S2/c1-20(2)26(22,23)9-6-7(4-5-8(9)24-3)10(21)17-12-19-18-11(25-12)13(14,15)16/h4-6H,1-3H3,(H,17,19,21). The first-order valence-electron chi connectivity index (χ1n) is 6.79. The topological polar surface area (TPSA) is 101 Å². The van der Waals surface area contributed by atoms with Crippen LogP contribution in [-0.4, -0.2) is 50.0 Å². The molecule has 0 saturated heterocycles. The Morgan fingerprint density at radius 2 is 1.92 bits per heavy atom. The van der Waals surface area contributed by atoms with Gasteiger partial charge in [0.1, 0.15) is 10.6 Å². The number of nitrogens with zero attached hydrogens (tertiary/aromatic N) is 3. The third-order valence-corrected chi connectivity index (χ3v) is 5.79. The van der Waals surface area contributed by atoms with Crippen LogP contribution in [-0.2, 0) is 16.2 Å². The number of halogens is 3. The molecule has 0 aliphatic rings. The number of benzene rings is 1. The van der Waals surface area contributed by atoms with E-state index in [1.165, 1.54) is 33.3 Å². The Bertz CT molecular complexity index is 926. The first-order chi connectivity index (χ1) is 12.0. The molecule has 1 aromatic carbocycles. The van der Waals surface area contributed by atoms with Gasteiger partial charge in [-0.05, 0) is 18.2 Å². The van der Waals surface area contributed by atoms with Gasteiger partial charge in [0.25, 0.3) is 5.91 Å². The van der Waals surface area contributed by atoms with E-state index < -0.39 is 27.1 Å². The van der Waals surface area contributed by atoms with E-state index in [2.05, 4.69) is 15.5 Å². The van der Waals surface area contributed by atoms with Gasteiger partial charge in [-0.3, -0.25) is 10.1 Å². The highest BCUT2D eigenvalue weighted by Gasteiger charge is 2.36. The average Bonchev–Trinajstić information content (AvgIpc) is 3.02. The Kier molecular flexibility index (Phi) is 5.53. The number of hydrogen-bond donors (Lipinski definition) is 1. The van der Waals surface area contributed by atoms with Gasteiger partial charge in [-0.15, -0.1) is 10.2 Å². The lowest BCUT2D eigenvalue weighted by Crippen LogP contribution is -2.23. The maximum absolute atomic E-state index is 12.5. The van der Waals surface area contributed by atoms with Crippen LogP contribution in [0.1, 0.15) is 15.4 Å². The molecule has 0 bridgehead atoms. The van der Waals surface area contributed by atoms with E-state index in [9.17, 15) is 26.4 Å². The largest absolute Gasteiger partial charge is 0.495 e. The smallest absolute Gasteiger partial charge is 0.445 e. The summed E-state index contributed by atoms with van der Waals surface area (Å²) in [4.78, 5) is 12.0. The summed E-state index contributed by atoms with van der Waals surface area (Å²) in [6.07, 6.45) is -4.67. The Morgan fingerprint density at radius 1 is 1.27 bits per heavy atom. The van der Waals surface area contributed by atoms with Crippen LogP contribution in [0.3, 0.4) is 0 Å². The first kappa shape index (κ1) is 20.1. The lowest BCUT2D eigenvalue weighted by Gasteiger charge is -2.15. The van der Waals surface area contributed by atoms with Gasteiger partial charge < -0.3 is 4.74 Å². The molecule has 1 amide bonds. The summed E-state index contributed by atoms with van der Waals surface area (Å²) in [5.41, 5.74) is -0.102. The minimum atomic E-state index is -4.67. The molecular weight excluding hydrogens is 397 g/mol. The zero-order chi connectivity index (χ0) is 19.7. The zero-order valence-corrected chi connectivity index (χ0v) is 15.3. The number of anilines is 1. The number of nitrogens with one attached hydrogen (secondary N) is 1. The van der Waals surface area contributed by atoms with E-state index in [0.717, 1.165) is 10.4 Å². The van der Waals surface area contributed by atoms with E-state index in [1.807, 2.05) is 0 Å². The summed E-state index contributed by atoms with van der Waals surface area (Å²) in [6, 6.07) is 3.61. The monoisotopic (exact) mass is 410 g/mol. The molecule has 142 valence electrons. The summed E-state index contributed by atoms with van der Waals surface area (Å²) in [7, 11) is -0.0281. The number of hydrogen-bond acceptors (Lipinski definition) is 7. The van der Waals surface area contributed by atoms with Crippen LogP contribution in [0.2, 0.25) is 0 Å². The van der Waals surface area contributed by atoms with Gasteiger partial charge in [-0.1, -0.05) is 11.3 Å². The average molecular weight is 410 g/mol. The number of carbonyl (C=O) groups is 1. The van der Waals surface area contributed by atoms with Gasteiger partial charge in [-0.25, -0.2) is 12.7 Å². The number of rotatable bonds is 5. The molecule has 8 nitrogen and oxygen atoms in total. The fourth-order valence-electron chi connectivity index (χ4n) is 1.77. The summed E-state index contributed by atoms with van der Waals surface area (Å²) in [5, 5.41) is 6.77. The second kappa shape index (κ2) is 7.17. The fourth-order valence-corrected chi connectivity index (χ4v) is 3.45. The van der Waals surface area contributed by atoms with Gasteiger partial charge in [0, 0.05) is 19.7 Å². The maximum Gasteiger partial charge on any atom is 0.445 e. The van der Waals surface area contributed by atoms with E-state index >= 15 is 0 Å². The summed E-state index contributed by atoms with van der Waals surface area (Å²) in [6.45, 7) is 0. The van der Waals surface area contributed by atoms with Crippen LogP contribution >= 0.6 is 11.3 Å². The number of sulfonamides is 1. The molecule has 2 aromatic rings. The normalized spacial score (nSPS) is 12.3. The van der Waals surface area contributed by atoms with Crippen molar-refractivity contribution in [2.24, 2.45) is 0 Å². The van der Waals surface area contributed by atoms with Gasteiger partial charge in [0.2, 0.25) is 20.2 Å². The molecule has 2 rings (SSSR count). The van der Waals surface area contributed by atoms with Gasteiger partial charge in [0.05, 0.1) is 7.11 Å². The molecule has 0 aliphatic carbocycles. The van der Waals surface area contributed by atoms with Crippen molar-refractivity contribution in [2.75, 3.05) is 26.5 Å². The molecule has 0 atom stereocenters. The fraction of sp³-hybridized carbons (Fsp3) is 0.308. The molecule has 0 spiro atoms. The number of methoxy groups -OCH3 is 1. The molecule has 0 saturated carbocycles. The molecule has 1 aromatic heterocycles. The van der Waals surface area contributed by atoms with Crippen LogP contribution in [0.4, 0.5) is 18.3 Å². The Labute approximate surface area is 150 Å². The minimum absolute atomic E-state index is 0.0190. The second-order valence-electron chi connectivity index (χ2n) is 5.02. The Balaban J connectivity index is 2.34. The molecule has 0 aliphatic heterocycles. The lowest BCUT2D eigenvalue weighted by molar-refractivity contribution is -0.138. The first-order valence-corrected chi connectivity index (χ1v) is 9.05. The van der Waals surface area contributed by atoms with Gasteiger partial charge >= 0.3 is 6.18 Å². The van der Waals surface area contributed by atoms with Crippen LogP contribution in [0.25, 0.3) is 0 Å². The molecule has 0 unspecified atom stereocenters. The SMILES string of the molecule is COc1ccc(C(=O)Nc2nnc(C(F)(F)F)s2)cc1S(=O)(=O)N(C)C. The molecule has 1 heterocycles. The third-order valence-electron chi connectivity index (χ3n) is 3.07. The summed E-state index contributed by atoms with van der Waals surface area (Å²) < 4.78 is 68.1. The van der Waals surface area contributed by atoms with E-state index in [1.54, 1.807) is 0 Å². The van der Waals surface area contributed by atoms with Crippen LogP contribution in [0.15, 0.2) is 23.1 Å². The number of aromatic nitrogens is 2. The highest BCUT2D eigenvalue weighted by atomic mass is 32.2. The molecule has 0 fully saturated rings. The molecular formula is C13H13F3N4O4S2. The highest BCUT2D eigenvalue weighted by molar-refractivity contribution is 7.89. The van der Waals surface area contributed by atoms with E-state index in [0.29, 0.717) is 0 Å². The number of amides is 1. The number of alkyl halides is 3. The molecule has 0 radical (unpaired) electrons. The Hall–Kier alpha value is -2.25. The minimum Gasteiger partial charge on any atom is -0.495 e. The summed E-state index contributed by atoms with van der Waals surface area (Å²) in [5.74, 6) is -0.821. The maximum atomic E-state index is 12.5. The van der Waals surface area contributed by atoms with Crippen molar-refractivity contribution in [3.8, 4) is 5.75 Å². The molecule has 26 heavy (non-hydrogen) atoms. The van der Waals surface area contributed by atoms with Crippen LogP contribution < -0.4 is 10.1 Å².